The number of carbonyl (C=O) groups excluding carboxylic acids is 1. The van der Waals surface area contributed by atoms with E-state index in [1.54, 1.807) is 18.2 Å². The van der Waals surface area contributed by atoms with Crippen LogP contribution in [0.5, 0.6) is 5.75 Å². The van der Waals surface area contributed by atoms with Crippen molar-refractivity contribution in [2.24, 2.45) is 5.41 Å². The third-order valence-corrected chi connectivity index (χ3v) is 4.43. The summed E-state index contributed by atoms with van der Waals surface area (Å²) in [5.41, 5.74) is 6.37. The van der Waals surface area contributed by atoms with Gasteiger partial charge in [-0.15, -0.1) is 0 Å². The summed E-state index contributed by atoms with van der Waals surface area (Å²) < 4.78 is 12.0. The second kappa shape index (κ2) is 9.14. The zero-order chi connectivity index (χ0) is 20.0. The minimum absolute atomic E-state index is 0.0431. The Morgan fingerprint density at radius 3 is 2.70 bits per heavy atom. The maximum Gasteiger partial charge on any atom is 0.278 e. The smallest absolute Gasteiger partial charge is 0.278 e. The van der Waals surface area contributed by atoms with Crippen molar-refractivity contribution in [2.75, 3.05) is 24.3 Å². The number of carbonyl (C=O) groups is 1. The summed E-state index contributed by atoms with van der Waals surface area (Å²) >= 11 is 3.18. The van der Waals surface area contributed by atoms with E-state index in [2.05, 4.69) is 52.0 Å². The number of hydrogen-bond acceptors (Lipinski definition) is 6. The summed E-state index contributed by atoms with van der Waals surface area (Å²) in [6.45, 7) is 9.23. The fourth-order valence-electron chi connectivity index (χ4n) is 2.05. The molecule has 146 valence electrons. The summed E-state index contributed by atoms with van der Waals surface area (Å²) in [5.74, 6) is 0.132. The Bertz CT molecular complexity index is 793. The molecule has 2 aromatic rings. The van der Waals surface area contributed by atoms with E-state index < -0.39 is 5.91 Å². The van der Waals surface area contributed by atoms with E-state index in [9.17, 15) is 4.79 Å². The number of anilines is 2. The number of para-hydroxylation sites is 2. The fraction of sp³-hybridized carbons (Fsp3) is 0.421. The third-order valence-electron chi connectivity index (χ3n) is 4.05. The van der Waals surface area contributed by atoms with Crippen molar-refractivity contribution in [3.8, 4) is 5.75 Å². The minimum Gasteiger partial charge on any atom is -0.489 e. The van der Waals surface area contributed by atoms with Gasteiger partial charge in [-0.3, -0.25) is 4.79 Å². The van der Waals surface area contributed by atoms with E-state index in [0.29, 0.717) is 29.3 Å². The molecule has 3 N–H and O–H groups in total. The average molecular weight is 437 g/mol. The summed E-state index contributed by atoms with van der Waals surface area (Å²) in [6, 6.07) is 7.15. The monoisotopic (exact) mass is 436 g/mol. The highest BCUT2D eigenvalue weighted by molar-refractivity contribution is 9.10. The molecule has 0 radical (unpaired) electrons. The van der Waals surface area contributed by atoms with Crippen LogP contribution in [0.1, 0.15) is 38.2 Å². The van der Waals surface area contributed by atoms with Crippen molar-refractivity contribution in [2.45, 2.75) is 33.8 Å². The minimum atomic E-state index is -0.463. The lowest BCUT2D eigenvalue weighted by Crippen LogP contribution is -2.27. The number of nitrogens with zero attached hydrogens (tertiary/aromatic N) is 2. The molecule has 1 aromatic heterocycles. The molecule has 0 fully saturated rings. The van der Waals surface area contributed by atoms with Crippen LogP contribution in [0.2, 0.25) is 0 Å². The second-order valence-electron chi connectivity index (χ2n) is 7.10. The first kappa shape index (κ1) is 21.1. The highest BCUT2D eigenvalue weighted by atomic mass is 79.9. The Hall–Kier alpha value is -2.19. The van der Waals surface area contributed by atoms with Gasteiger partial charge in [0, 0.05) is 0 Å². The van der Waals surface area contributed by atoms with Gasteiger partial charge in [0.05, 0.1) is 24.6 Å². The Balaban J connectivity index is 1.99. The third kappa shape index (κ3) is 6.18. The first-order valence-electron chi connectivity index (χ1n) is 8.61. The molecule has 0 aliphatic rings. The van der Waals surface area contributed by atoms with Crippen molar-refractivity contribution >= 4 is 33.3 Å². The molecular formula is C19H25BrN4O3. The SMILES string of the molecule is CC(OCCOc1ccccc1NC(=O)c1nc(Br)cnc1N)C(C)(C)C. The van der Waals surface area contributed by atoms with Gasteiger partial charge in [-0.1, -0.05) is 32.9 Å². The van der Waals surface area contributed by atoms with Crippen LogP contribution in [0, 0.1) is 5.41 Å². The molecule has 0 saturated heterocycles. The first-order chi connectivity index (χ1) is 12.7. The highest BCUT2D eigenvalue weighted by Gasteiger charge is 2.20. The molecule has 2 rings (SSSR count). The van der Waals surface area contributed by atoms with Crippen LogP contribution in [0.3, 0.4) is 0 Å². The zero-order valence-corrected chi connectivity index (χ0v) is 17.5. The van der Waals surface area contributed by atoms with Crippen LogP contribution in [0.15, 0.2) is 35.1 Å². The second-order valence-corrected chi connectivity index (χ2v) is 7.92. The number of benzene rings is 1. The normalized spacial score (nSPS) is 12.5. The maximum atomic E-state index is 12.5. The van der Waals surface area contributed by atoms with Crippen LogP contribution in [0.4, 0.5) is 11.5 Å². The van der Waals surface area contributed by atoms with Crippen molar-refractivity contribution in [3.63, 3.8) is 0 Å². The molecule has 1 unspecified atom stereocenters. The van der Waals surface area contributed by atoms with Gasteiger partial charge >= 0.3 is 0 Å². The van der Waals surface area contributed by atoms with Crippen LogP contribution in [-0.4, -0.2) is 35.2 Å². The Morgan fingerprint density at radius 1 is 1.30 bits per heavy atom. The lowest BCUT2D eigenvalue weighted by Gasteiger charge is -2.27. The molecule has 7 nitrogen and oxygen atoms in total. The van der Waals surface area contributed by atoms with Crippen LogP contribution in [0.25, 0.3) is 0 Å². The quantitative estimate of drug-likeness (QED) is 0.638. The van der Waals surface area contributed by atoms with Gasteiger partial charge in [-0.25, -0.2) is 9.97 Å². The van der Waals surface area contributed by atoms with Gasteiger partial charge in [-0.2, -0.15) is 0 Å². The van der Waals surface area contributed by atoms with Crippen molar-refractivity contribution < 1.29 is 14.3 Å². The number of hydrogen-bond donors (Lipinski definition) is 2. The number of nitrogen functional groups attached to an aromatic ring is 1. The summed E-state index contributed by atoms with van der Waals surface area (Å²) in [7, 11) is 0. The van der Waals surface area contributed by atoms with E-state index >= 15 is 0 Å². The van der Waals surface area contributed by atoms with Crippen LogP contribution >= 0.6 is 15.9 Å². The van der Waals surface area contributed by atoms with Crippen LogP contribution < -0.4 is 15.8 Å². The zero-order valence-electron chi connectivity index (χ0n) is 16.0. The predicted octanol–water partition coefficient (Wildman–Crippen LogP) is 3.90. The van der Waals surface area contributed by atoms with Gasteiger partial charge in [0.25, 0.3) is 5.91 Å². The summed E-state index contributed by atoms with van der Waals surface area (Å²) in [6.07, 6.45) is 1.54. The van der Waals surface area contributed by atoms with E-state index in [1.165, 1.54) is 6.20 Å². The van der Waals surface area contributed by atoms with Gasteiger partial charge in [0.2, 0.25) is 0 Å². The molecular weight excluding hydrogens is 412 g/mol. The number of rotatable bonds is 7. The van der Waals surface area contributed by atoms with Gasteiger partial charge in [-0.05, 0) is 40.4 Å². The van der Waals surface area contributed by atoms with Crippen molar-refractivity contribution in [1.82, 2.24) is 9.97 Å². The fourth-order valence-corrected chi connectivity index (χ4v) is 2.33. The molecule has 0 aliphatic carbocycles. The Kier molecular flexibility index (Phi) is 7.15. The van der Waals surface area contributed by atoms with Gasteiger partial charge in [0.15, 0.2) is 11.5 Å². The largest absolute Gasteiger partial charge is 0.489 e. The molecule has 1 amide bonds. The van der Waals surface area contributed by atoms with Crippen molar-refractivity contribution in [1.29, 1.82) is 0 Å². The number of amides is 1. The Morgan fingerprint density at radius 2 is 2.00 bits per heavy atom. The summed E-state index contributed by atoms with van der Waals surface area (Å²) in [4.78, 5) is 20.5. The topological polar surface area (TPSA) is 99.4 Å². The van der Waals surface area contributed by atoms with E-state index in [-0.39, 0.29) is 23.0 Å². The number of halogens is 1. The molecule has 0 aliphatic heterocycles. The van der Waals surface area contributed by atoms with E-state index in [0.717, 1.165) is 0 Å². The molecule has 1 atom stereocenters. The molecule has 8 heteroatoms. The lowest BCUT2D eigenvalue weighted by molar-refractivity contribution is -0.0164. The lowest BCUT2D eigenvalue weighted by atomic mass is 9.90. The molecule has 1 aromatic carbocycles. The predicted molar refractivity (Wildman–Crippen MR) is 109 cm³/mol. The molecule has 0 saturated carbocycles. The summed E-state index contributed by atoms with van der Waals surface area (Å²) in [5, 5.41) is 2.76. The number of ether oxygens (including phenoxy) is 2. The number of nitrogens with two attached hydrogens (primary N) is 1. The standard InChI is InChI=1S/C19H25BrN4O3/c1-12(19(2,3)4)26-9-10-27-14-8-6-5-7-13(14)23-18(25)16-17(21)22-11-15(20)24-16/h5-8,11-12H,9-10H2,1-4H3,(H2,21,22)(H,23,25). The maximum absolute atomic E-state index is 12.5. The van der Waals surface area contributed by atoms with Crippen LogP contribution in [-0.2, 0) is 4.74 Å². The van der Waals surface area contributed by atoms with Crippen molar-refractivity contribution in [3.05, 3.63) is 40.8 Å². The average Bonchev–Trinajstić information content (AvgIpc) is 2.61. The molecule has 0 spiro atoms. The number of nitrogens with one attached hydrogen (secondary N) is 1. The first-order valence-corrected chi connectivity index (χ1v) is 9.40. The molecule has 27 heavy (non-hydrogen) atoms. The van der Waals surface area contributed by atoms with E-state index in [1.807, 2.05) is 13.0 Å². The molecule has 0 bridgehead atoms. The number of aromatic nitrogens is 2. The molecule has 1 heterocycles. The van der Waals surface area contributed by atoms with E-state index in [4.69, 9.17) is 15.2 Å². The van der Waals surface area contributed by atoms with Gasteiger partial charge in [0.1, 0.15) is 17.0 Å². The Labute approximate surface area is 167 Å². The highest BCUT2D eigenvalue weighted by Crippen LogP contribution is 2.25. The van der Waals surface area contributed by atoms with Gasteiger partial charge < -0.3 is 20.5 Å².